The summed E-state index contributed by atoms with van der Waals surface area (Å²) in [4.78, 5) is 14.6. The second-order valence-corrected chi connectivity index (χ2v) is 3.35. The molecule has 0 saturated heterocycles. The van der Waals surface area contributed by atoms with Gasteiger partial charge in [0.1, 0.15) is 17.3 Å². The Kier molecular flexibility index (Phi) is 2.91. The third kappa shape index (κ3) is 2.72. The fraction of sp³-hybridized carbons (Fsp3) is 0. The Hall–Kier alpha value is -2.56. The highest BCUT2D eigenvalue weighted by atomic mass is 16.5. The van der Waals surface area contributed by atoms with Gasteiger partial charge in [0.2, 0.25) is 0 Å². The van der Waals surface area contributed by atoms with Crippen LogP contribution < -0.4 is 10.5 Å². The first-order valence-corrected chi connectivity index (χ1v) is 4.88. The minimum absolute atomic E-state index is 0.172. The summed E-state index contributed by atoms with van der Waals surface area (Å²) in [5.41, 5.74) is 5.61. The van der Waals surface area contributed by atoms with E-state index in [0.29, 0.717) is 17.3 Å². The van der Waals surface area contributed by atoms with Crippen molar-refractivity contribution in [2.75, 3.05) is 5.73 Å². The first-order chi connectivity index (χ1) is 8.15. The molecule has 0 radical (unpaired) electrons. The number of nitrogen functional groups attached to an aromatic ring is 1. The zero-order chi connectivity index (χ0) is 12.3. The lowest BCUT2D eigenvalue weighted by atomic mass is 10.2. The fourth-order valence-electron chi connectivity index (χ4n) is 1.28. The molecule has 0 saturated carbocycles. The van der Waals surface area contributed by atoms with Gasteiger partial charge in [-0.15, -0.1) is 0 Å². The van der Waals surface area contributed by atoms with Gasteiger partial charge >= 0.3 is 5.97 Å². The van der Waals surface area contributed by atoms with E-state index in [2.05, 4.69) is 4.98 Å². The van der Waals surface area contributed by atoms with Gasteiger partial charge < -0.3 is 15.6 Å². The Bertz CT molecular complexity index is 538. The molecule has 2 rings (SSSR count). The molecule has 17 heavy (non-hydrogen) atoms. The van der Waals surface area contributed by atoms with Crippen molar-refractivity contribution in [3.05, 3.63) is 48.2 Å². The summed E-state index contributed by atoms with van der Waals surface area (Å²) in [6.07, 6.45) is 1.47. The summed E-state index contributed by atoms with van der Waals surface area (Å²) >= 11 is 0. The second kappa shape index (κ2) is 4.52. The molecule has 5 heteroatoms. The van der Waals surface area contributed by atoms with Crippen molar-refractivity contribution in [3.8, 4) is 11.5 Å². The number of ether oxygens (including phenoxy) is 1. The van der Waals surface area contributed by atoms with Gasteiger partial charge in [0.15, 0.2) is 0 Å². The Balaban J connectivity index is 2.21. The van der Waals surface area contributed by atoms with E-state index < -0.39 is 5.97 Å². The zero-order valence-electron chi connectivity index (χ0n) is 8.83. The molecule has 0 amide bonds. The molecule has 1 aromatic carbocycles. The van der Waals surface area contributed by atoms with Gasteiger partial charge in [0.25, 0.3) is 0 Å². The zero-order valence-corrected chi connectivity index (χ0v) is 8.83. The molecule has 0 fully saturated rings. The number of aromatic nitrogens is 1. The molecule has 3 N–H and O–H groups in total. The van der Waals surface area contributed by atoms with Gasteiger partial charge in [-0.2, -0.15) is 0 Å². The van der Waals surface area contributed by atoms with Crippen LogP contribution in [0.3, 0.4) is 0 Å². The topological polar surface area (TPSA) is 85.4 Å². The van der Waals surface area contributed by atoms with Crippen LogP contribution in [0.4, 0.5) is 5.82 Å². The number of carbonyl (C=O) groups is 1. The second-order valence-electron chi connectivity index (χ2n) is 3.35. The highest BCUT2D eigenvalue weighted by Crippen LogP contribution is 2.21. The molecule has 0 atom stereocenters. The van der Waals surface area contributed by atoms with Crippen molar-refractivity contribution in [2.24, 2.45) is 0 Å². The van der Waals surface area contributed by atoms with E-state index in [1.807, 2.05) is 0 Å². The number of anilines is 1. The fourth-order valence-corrected chi connectivity index (χ4v) is 1.28. The molecule has 0 aliphatic heterocycles. The molecule has 2 aromatic rings. The van der Waals surface area contributed by atoms with Gasteiger partial charge in [0, 0.05) is 0 Å². The number of carboxylic acid groups (broad SMARTS) is 1. The number of pyridine rings is 1. The van der Waals surface area contributed by atoms with E-state index in [4.69, 9.17) is 15.6 Å². The number of hydrogen-bond acceptors (Lipinski definition) is 4. The molecule has 0 aliphatic carbocycles. The quantitative estimate of drug-likeness (QED) is 0.843. The van der Waals surface area contributed by atoms with E-state index in [-0.39, 0.29) is 5.56 Å². The number of carboxylic acids is 1. The minimum atomic E-state index is -0.995. The highest BCUT2D eigenvalue weighted by molar-refractivity contribution is 5.88. The molecule has 0 bridgehead atoms. The van der Waals surface area contributed by atoms with Crippen LogP contribution in [-0.2, 0) is 0 Å². The summed E-state index contributed by atoms with van der Waals surface area (Å²) in [7, 11) is 0. The van der Waals surface area contributed by atoms with Crippen LogP contribution in [0.15, 0.2) is 42.6 Å². The van der Waals surface area contributed by atoms with Crippen LogP contribution in [0.2, 0.25) is 0 Å². The molecular formula is C12H10N2O3. The summed E-state index contributed by atoms with van der Waals surface area (Å²) in [5.74, 6) is 0.348. The molecule has 1 heterocycles. The lowest BCUT2D eigenvalue weighted by molar-refractivity contribution is 0.0696. The standard InChI is InChI=1S/C12H10N2O3/c13-11-5-4-10(7-14-11)17-9-3-1-2-8(6-9)12(15)16/h1-7H,(H2,13,14)(H,15,16). The Morgan fingerprint density at radius 2 is 2.06 bits per heavy atom. The van der Waals surface area contributed by atoms with E-state index in [0.717, 1.165) is 0 Å². The van der Waals surface area contributed by atoms with Gasteiger partial charge in [-0.1, -0.05) is 6.07 Å². The Morgan fingerprint density at radius 3 is 2.71 bits per heavy atom. The summed E-state index contributed by atoms with van der Waals surface area (Å²) in [5, 5.41) is 8.83. The predicted octanol–water partition coefficient (Wildman–Crippen LogP) is 2.15. The summed E-state index contributed by atoms with van der Waals surface area (Å²) < 4.78 is 5.44. The first-order valence-electron chi connectivity index (χ1n) is 4.88. The third-order valence-electron chi connectivity index (χ3n) is 2.08. The molecular weight excluding hydrogens is 220 g/mol. The normalized spacial score (nSPS) is 9.88. The highest BCUT2D eigenvalue weighted by Gasteiger charge is 2.04. The van der Waals surface area contributed by atoms with Crippen LogP contribution in [0, 0.1) is 0 Å². The van der Waals surface area contributed by atoms with Crippen molar-refractivity contribution in [1.29, 1.82) is 0 Å². The Labute approximate surface area is 97.5 Å². The average molecular weight is 230 g/mol. The number of hydrogen-bond donors (Lipinski definition) is 2. The summed E-state index contributed by atoms with van der Waals surface area (Å²) in [6, 6.07) is 9.49. The van der Waals surface area contributed by atoms with E-state index in [1.54, 1.807) is 24.3 Å². The van der Waals surface area contributed by atoms with Crippen LogP contribution in [-0.4, -0.2) is 16.1 Å². The lowest BCUT2D eigenvalue weighted by Gasteiger charge is -2.05. The van der Waals surface area contributed by atoms with E-state index in [1.165, 1.54) is 18.3 Å². The number of benzene rings is 1. The van der Waals surface area contributed by atoms with Crippen molar-refractivity contribution in [1.82, 2.24) is 4.98 Å². The molecule has 0 aliphatic rings. The maximum absolute atomic E-state index is 10.8. The minimum Gasteiger partial charge on any atom is -0.478 e. The summed E-state index contributed by atoms with van der Waals surface area (Å²) in [6.45, 7) is 0. The van der Waals surface area contributed by atoms with Crippen molar-refractivity contribution >= 4 is 11.8 Å². The van der Waals surface area contributed by atoms with Gasteiger partial charge in [0.05, 0.1) is 11.8 Å². The van der Waals surface area contributed by atoms with Crippen LogP contribution in [0.25, 0.3) is 0 Å². The van der Waals surface area contributed by atoms with E-state index >= 15 is 0 Å². The van der Waals surface area contributed by atoms with Crippen LogP contribution in [0.5, 0.6) is 11.5 Å². The maximum Gasteiger partial charge on any atom is 0.335 e. The van der Waals surface area contributed by atoms with Gasteiger partial charge in [-0.3, -0.25) is 0 Å². The largest absolute Gasteiger partial charge is 0.478 e. The number of rotatable bonds is 3. The van der Waals surface area contributed by atoms with Crippen molar-refractivity contribution in [3.63, 3.8) is 0 Å². The molecule has 86 valence electrons. The molecule has 0 unspecified atom stereocenters. The third-order valence-corrected chi connectivity index (χ3v) is 2.08. The average Bonchev–Trinajstić information content (AvgIpc) is 2.32. The molecule has 0 spiro atoms. The number of nitrogens with zero attached hydrogens (tertiary/aromatic N) is 1. The van der Waals surface area contributed by atoms with Crippen LogP contribution >= 0.6 is 0 Å². The Morgan fingerprint density at radius 1 is 1.24 bits per heavy atom. The van der Waals surface area contributed by atoms with Gasteiger partial charge in [-0.05, 0) is 30.3 Å². The number of nitrogens with two attached hydrogens (primary N) is 1. The maximum atomic E-state index is 10.8. The predicted molar refractivity (Wildman–Crippen MR) is 62.1 cm³/mol. The number of aromatic carboxylic acids is 1. The monoisotopic (exact) mass is 230 g/mol. The lowest BCUT2D eigenvalue weighted by Crippen LogP contribution is -1.96. The first kappa shape index (κ1) is 10.9. The molecule has 5 nitrogen and oxygen atoms in total. The molecule has 1 aromatic heterocycles. The van der Waals surface area contributed by atoms with Crippen molar-refractivity contribution < 1.29 is 14.6 Å². The van der Waals surface area contributed by atoms with Crippen molar-refractivity contribution in [2.45, 2.75) is 0 Å². The SMILES string of the molecule is Nc1ccc(Oc2cccc(C(=O)O)c2)cn1. The van der Waals surface area contributed by atoms with Crippen LogP contribution in [0.1, 0.15) is 10.4 Å². The van der Waals surface area contributed by atoms with Gasteiger partial charge in [-0.25, -0.2) is 9.78 Å². The smallest absolute Gasteiger partial charge is 0.335 e. The van der Waals surface area contributed by atoms with E-state index in [9.17, 15) is 4.79 Å².